The van der Waals surface area contributed by atoms with Gasteiger partial charge in [0.05, 0.1) is 12.8 Å². The van der Waals surface area contributed by atoms with Crippen LogP contribution >= 0.6 is 0 Å². The first kappa shape index (κ1) is 20.1. The molecule has 6 heteroatoms. The van der Waals surface area contributed by atoms with Crippen LogP contribution in [0.2, 0.25) is 0 Å². The van der Waals surface area contributed by atoms with E-state index in [-0.39, 0.29) is 5.91 Å². The Balaban J connectivity index is 1.55. The summed E-state index contributed by atoms with van der Waals surface area (Å²) in [4.78, 5) is 16.7. The van der Waals surface area contributed by atoms with Crippen LogP contribution in [0.1, 0.15) is 11.1 Å². The molecule has 0 radical (unpaired) electrons. The van der Waals surface area contributed by atoms with Crippen LogP contribution in [-0.4, -0.2) is 27.8 Å². The molecule has 0 aliphatic heterocycles. The quantitative estimate of drug-likeness (QED) is 0.459. The smallest absolute Gasteiger partial charge is 0.336 e. The fourth-order valence-corrected chi connectivity index (χ4v) is 3.16. The van der Waals surface area contributed by atoms with E-state index in [0.717, 1.165) is 22.4 Å². The summed E-state index contributed by atoms with van der Waals surface area (Å²) >= 11 is 0. The predicted molar refractivity (Wildman–Crippen MR) is 122 cm³/mol. The highest BCUT2D eigenvalue weighted by molar-refractivity contribution is 6.01. The maximum atomic E-state index is 12.2. The number of aryl methyl sites for hydroxylation is 1. The lowest BCUT2D eigenvalue weighted by Crippen LogP contribution is -2.08. The van der Waals surface area contributed by atoms with Gasteiger partial charge in [-0.05, 0) is 48.4 Å². The minimum Gasteiger partial charge on any atom is -0.466 e. The molecule has 0 saturated carbocycles. The summed E-state index contributed by atoms with van der Waals surface area (Å²) in [5.74, 6) is 0.497. The summed E-state index contributed by atoms with van der Waals surface area (Å²) in [5, 5.41) is 7.32. The number of nitrogens with zero attached hydrogens (tertiary/aromatic N) is 3. The summed E-state index contributed by atoms with van der Waals surface area (Å²) in [7, 11) is 1.54. The van der Waals surface area contributed by atoms with Gasteiger partial charge < -0.3 is 10.1 Å². The second-order valence-electron chi connectivity index (χ2n) is 6.93. The lowest BCUT2D eigenvalue weighted by molar-refractivity contribution is -0.111. The number of carbonyl (C=O) groups excluding carboxylic acids is 1. The fraction of sp³-hybridized carbons (Fsp3) is 0.0800. The van der Waals surface area contributed by atoms with E-state index < -0.39 is 0 Å². The molecule has 31 heavy (non-hydrogen) atoms. The van der Waals surface area contributed by atoms with Crippen LogP contribution in [0.15, 0.2) is 84.9 Å². The Labute approximate surface area is 180 Å². The minimum atomic E-state index is -0.195. The van der Waals surface area contributed by atoms with Crippen molar-refractivity contribution >= 4 is 17.7 Å². The number of aromatic nitrogens is 3. The number of hydrogen-bond acceptors (Lipinski definition) is 4. The summed E-state index contributed by atoms with van der Waals surface area (Å²) in [5.41, 5.74) is 4.54. The number of methoxy groups -OCH3 is 1. The molecule has 1 heterocycles. The first-order valence-electron chi connectivity index (χ1n) is 9.85. The molecular formula is C25H22N4O2. The molecule has 3 aromatic carbocycles. The molecule has 154 valence electrons. The van der Waals surface area contributed by atoms with Gasteiger partial charge in [-0.25, -0.2) is 4.68 Å². The highest BCUT2D eigenvalue weighted by Crippen LogP contribution is 2.26. The molecule has 0 aliphatic rings. The number of nitrogens with one attached hydrogen (secondary N) is 1. The van der Waals surface area contributed by atoms with Gasteiger partial charge >= 0.3 is 6.01 Å². The number of anilines is 1. The Bertz CT molecular complexity index is 1210. The molecule has 4 aromatic rings. The Morgan fingerprint density at radius 1 is 0.968 bits per heavy atom. The molecule has 1 amide bonds. The molecule has 0 aliphatic carbocycles. The molecule has 0 bridgehead atoms. The largest absolute Gasteiger partial charge is 0.466 e. The van der Waals surface area contributed by atoms with Crippen LogP contribution in [-0.2, 0) is 4.79 Å². The van der Waals surface area contributed by atoms with Crippen molar-refractivity contribution in [1.82, 2.24) is 14.8 Å². The molecule has 0 unspecified atom stereocenters. The van der Waals surface area contributed by atoms with Gasteiger partial charge in [-0.2, -0.15) is 4.98 Å². The zero-order valence-corrected chi connectivity index (χ0v) is 17.3. The highest BCUT2D eigenvalue weighted by Gasteiger charge is 2.15. The summed E-state index contributed by atoms with van der Waals surface area (Å²) in [6, 6.07) is 25.4. The van der Waals surface area contributed by atoms with E-state index in [1.165, 1.54) is 6.08 Å². The number of hydrogen-bond donors (Lipinski definition) is 1. The van der Waals surface area contributed by atoms with Gasteiger partial charge in [0.2, 0.25) is 5.91 Å². The van der Waals surface area contributed by atoms with Crippen molar-refractivity contribution in [2.24, 2.45) is 0 Å². The van der Waals surface area contributed by atoms with Crippen molar-refractivity contribution in [3.8, 4) is 23.1 Å². The van der Waals surface area contributed by atoms with Crippen molar-refractivity contribution in [2.75, 3.05) is 12.4 Å². The molecule has 1 aromatic heterocycles. The zero-order valence-electron chi connectivity index (χ0n) is 17.3. The SMILES string of the molecule is COc1nc(-c2ccccc2C)n(-c2ccc(NC(=O)C=Cc3ccccc3)cc2)n1. The van der Waals surface area contributed by atoms with E-state index in [0.29, 0.717) is 17.5 Å². The van der Waals surface area contributed by atoms with Crippen molar-refractivity contribution in [2.45, 2.75) is 6.92 Å². The lowest BCUT2D eigenvalue weighted by Gasteiger charge is -2.09. The average molecular weight is 410 g/mol. The Hall–Kier alpha value is -4.19. The maximum absolute atomic E-state index is 12.2. The normalized spacial score (nSPS) is 10.9. The first-order chi connectivity index (χ1) is 15.1. The van der Waals surface area contributed by atoms with E-state index in [2.05, 4.69) is 15.4 Å². The van der Waals surface area contributed by atoms with Gasteiger partial charge in [-0.1, -0.05) is 54.6 Å². The molecule has 0 atom stereocenters. The van der Waals surface area contributed by atoms with Crippen molar-refractivity contribution < 1.29 is 9.53 Å². The third-order valence-corrected chi connectivity index (χ3v) is 4.76. The zero-order chi connectivity index (χ0) is 21.6. The standard InChI is InChI=1S/C25H22N4O2/c1-18-8-6-7-11-22(18)24-27-25(31-2)28-29(24)21-15-13-20(14-16-21)26-23(30)17-12-19-9-4-3-5-10-19/h3-17H,1-2H3,(H,26,30). The van der Waals surface area contributed by atoms with Crippen LogP contribution in [0.5, 0.6) is 6.01 Å². The molecule has 4 rings (SSSR count). The van der Waals surface area contributed by atoms with Gasteiger partial charge in [0, 0.05) is 17.3 Å². The highest BCUT2D eigenvalue weighted by atomic mass is 16.5. The van der Waals surface area contributed by atoms with Gasteiger partial charge in [-0.15, -0.1) is 5.10 Å². The Morgan fingerprint density at radius 2 is 1.68 bits per heavy atom. The second kappa shape index (κ2) is 9.09. The number of ether oxygens (including phenoxy) is 1. The number of rotatable bonds is 6. The van der Waals surface area contributed by atoms with E-state index in [4.69, 9.17) is 4.74 Å². The number of carbonyl (C=O) groups is 1. The van der Waals surface area contributed by atoms with Crippen LogP contribution in [0.25, 0.3) is 23.2 Å². The predicted octanol–water partition coefficient (Wildman–Crippen LogP) is 4.90. The third-order valence-electron chi connectivity index (χ3n) is 4.76. The van der Waals surface area contributed by atoms with Crippen LogP contribution in [0.4, 0.5) is 5.69 Å². The van der Waals surface area contributed by atoms with Crippen LogP contribution < -0.4 is 10.1 Å². The van der Waals surface area contributed by atoms with E-state index in [1.807, 2.05) is 85.8 Å². The lowest BCUT2D eigenvalue weighted by atomic mass is 10.1. The average Bonchev–Trinajstić information content (AvgIpc) is 3.23. The molecule has 1 N–H and O–H groups in total. The summed E-state index contributed by atoms with van der Waals surface area (Å²) in [6.07, 6.45) is 3.29. The second-order valence-corrected chi connectivity index (χ2v) is 6.93. The molecule has 0 spiro atoms. The minimum absolute atomic E-state index is 0.195. The summed E-state index contributed by atoms with van der Waals surface area (Å²) in [6.45, 7) is 2.03. The Kier molecular flexibility index (Phi) is 5.89. The summed E-state index contributed by atoms with van der Waals surface area (Å²) < 4.78 is 6.99. The van der Waals surface area contributed by atoms with Crippen molar-refractivity contribution in [1.29, 1.82) is 0 Å². The van der Waals surface area contributed by atoms with Gasteiger partial charge in [0.25, 0.3) is 0 Å². The van der Waals surface area contributed by atoms with Crippen LogP contribution in [0, 0.1) is 6.92 Å². The van der Waals surface area contributed by atoms with Gasteiger partial charge in [0.15, 0.2) is 5.82 Å². The monoisotopic (exact) mass is 410 g/mol. The molecule has 6 nitrogen and oxygen atoms in total. The number of benzene rings is 3. The van der Waals surface area contributed by atoms with Gasteiger partial charge in [0.1, 0.15) is 0 Å². The molecule has 0 fully saturated rings. The molecular weight excluding hydrogens is 388 g/mol. The van der Waals surface area contributed by atoms with Crippen molar-refractivity contribution in [3.05, 3.63) is 96.1 Å². The van der Waals surface area contributed by atoms with E-state index in [1.54, 1.807) is 17.9 Å². The van der Waals surface area contributed by atoms with E-state index in [9.17, 15) is 4.79 Å². The van der Waals surface area contributed by atoms with Crippen LogP contribution in [0.3, 0.4) is 0 Å². The topological polar surface area (TPSA) is 69.0 Å². The van der Waals surface area contributed by atoms with Gasteiger partial charge in [-0.3, -0.25) is 4.79 Å². The van der Waals surface area contributed by atoms with E-state index >= 15 is 0 Å². The maximum Gasteiger partial charge on any atom is 0.336 e. The first-order valence-corrected chi connectivity index (χ1v) is 9.85. The van der Waals surface area contributed by atoms with Crippen molar-refractivity contribution in [3.63, 3.8) is 0 Å². The third kappa shape index (κ3) is 4.70. The number of amides is 1. The molecule has 0 saturated heterocycles. The fourth-order valence-electron chi connectivity index (χ4n) is 3.16. The Morgan fingerprint density at radius 3 is 2.39 bits per heavy atom.